The highest BCUT2D eigenvalue weighted by Gasteiger charge is 2.15. The summed E-state index contributed by atoms with van der Waals surface area (Å²) >= 11 is 0. The fourth-order valence-electron chi connectivity index (χ4n) is 3.19. The third kappa shape index (κ3) is 3.37. The highest BCUT2D eigenvalue weighted by Crippen LogP contribution is 2.29. The van der Waals surface area contributed by atoms with Gasteiger partial charge in [0.05, 0.1) is 17.3 Å². The van der Waals surface area contributed by atoms with Crippen LogP contribution in [0.1, 0.15) is 0 Å². The minimum atomic E-state index is -0.357. The van der Waals surface area contributed by atoms with E-state index in [0.717, 1.165) is 5.69 Å². The Morgan fingerprint density at radius 1 is 0.767 bits per heavy atom. The van der Waals surface area contributed by atoms with E-state index < -0.39 is 0 Å². The minimum absolute atomic E-state index is 0.340. The molecule has 0 aliphatic carbocycles. The summed E-state index contributed by atoms with van der Waals surface area (Å²) in [5.74, 6) is 0.183. The summed E-state index contributed by atoms with van der Waals surface area (Å²) in [4.78, 5) is 9.30. The first-order chi connectivity index (χ1) is 14.7. The Morgan fingerprint density at radius 3 is 2.33 bits per heavy atom. The Bertz CT molecular complexity index is 1330. The molecule has 5 nitrogen and oxygen atoms in total. The van der Waals surface area contributed by atoms with E-state index in [2.05, 4.69) is 20.4 Å². The molecule has 3 aromatic carbocycles. The number of fused-ring (bicyclic) bond motifs is 1. The van der Waals surface area contributed by atoms with Crippen molar-refractivity contribution in [1.82, 2.24) is 19.7 Å². The third-order valence-electron chi connectivity index (χ3n) is 4.62. The molecule has 7 heteroatoms. The van der Waals surface area contributed by atoms with Crippen LogP contribution in [0.15, 0.2) is 85.1 Å². The molecule has 0 bridgehead atoms. The van der Waals surface area contributed by atoms with Crippen molar-refractivity contribution in [2.45, 2.75) is 0 Å². The lowest BCUT2D eigenvalue weighted by atomic mass is 10.2. The van der Waals surface area contributed by atoms with Gasteiger partial charge in [-0.3, -0.25) is 0 Å². The quantitative estimate of drug-likeness (QED) is 0.433. The largest absolute Gasteiger partial charge is 0.339 e. The minimum Gasteiger partial charge on any atom is -0.339 e. The van der Waals surface area contributed by atoms with E-state index >= 15 is 0 Å². The molecule has 0 unspecified atom stereocenters. The maximum atomic E-state index is 13.7. The van der Waals surface area contributed by atoms with Gasteiger partial charge in [-0.2, -0.15) is 5.10 Å². The van der Waals surface area contributed by atoms with Crippen LogP contribution in [0.2, 0.25) is 0 Å². The van der Waals surface area contributed by atoms with Crippen molar-refractivity contribution in [3.8, 4) is 17.1 Å². The highest BCUT2D eigenvalue weighted by atomic mass is 19.1. The Balaban J connectivity index is 1.71. The first-order valence-electron chi connectivity index (χ1n) is 9.27. The SMILES string of the molecule is Fc1ccc(-c2nc(Nc3cccc(F)c3)c3cnn(-c4ccccc4)c3n2)cc1. The number of hydrogen-bond acceptors (Lipinski definition) is 4. The van der Waals surface area contributed by atoms with E-state index in [9.17, 15) is 8.78 Å². The summed E-state index contributed by atoms with van der Waals surface area (Å²) in [7, 11) is 0. The van der Waals surface area contributed by atoms with Crippen molar-refractivity contribution in [2.75, 3.05) is 5.32 Å². The van der Waals surface area contributed by atoms with Crippen LogP contribution in [0, 0.1) is 11.6 Å². The molecule has 1 N–H and O–H groups in total. The second-order valence-corrected chi connectivity index (χ2v) is 6.67. The van der Waals surface area contributed by atoms with Gasteiger partial charge in [-0.25, -0.2) is 23.4 Å². The fourth-order valence-corrected chi connectivity index (χ4v) is 3.19. The van der Waals surface area contributed by atoms with Gasteiger partial charge in [-0.15, -0.1) is 0 Å². The van der Waals surface area contributed by atoms with Crippen molar-refractivity contribution >= 4 is 22.5 Å². The van der Waals surface area contributed by atoms with E-state index in [1.54, 1.807) is 35.1 Å². The number of halogens is 2. The van der Waals surface area contributed by atoms with Gasteiger partial charge in [0.15, 0.2) is 11.5 Å². The van der Waals surface area contributed by atoms with Gasteiger partial charge < -0.3 is 5.32 Å². The molecule has 0 atom stereocenters. The predicted molar refractivity (Wildman–Crippen MR) is 112 cm³/mol. The summed E-state index contributed by atoms with van der Waals surface area (Å²) in [5, 5.41) is 8.30. The Kier molecular flexibility index (Phi) is 4.40. The molecule has 5 rings (SSSR count). The van der Waals surface area contributed by atoms with Crippen LogP contribution >= 0.6 is 0 Å². The number of aromatic nitrogens is 4. The third-order valence-corrected chi connectivity index (χ3v) is 4.62. The van der Waals surface area contributed by atoms with Gasteiger partial charge in [0, 0.05) is 11.3 Å². The van der Waals surface area contributed by atoms with E-state index in [0.29, 0.717) is 33.9 Å². The highest BCUT2D eigenvalue weighted by molar-refractivity contribution is 5.90. The molecule has 30 heavy (non-hydrogen) atoms. The van der Waals surface area contributed by atoms with Gasteiger partial charge in [-0.05, 0) is 54.6 Å². The van der Waals surface area contributed by atoms with Crippen LogP contribution in [0.4, 0.5) is 20.3 Å². The van der Waals surface area contributed by atoms with Crippen LogP contribution in [-0.4, -0.2) is 19.7 Å². The van der Waals surface area contributed by atoms with Gasteiger partial charge in [0.25, 0.3) is 0 Å². The molecule has 0 aliphatic heterocycles. The normalized spacial score (nSPS) is 11.0. The first-order valence-corrected chi connectivity index (χ1v) is 9.27. The molecule has 146 valence electrons. The molecular formula is C23H15F2N5. The van der Waals surface area contributed by atoms with Gasteiger partial charge >= 0.3 is 0 Å². The molecule has 2 heterocycles. The lowest BCUT2D eigenvalue weighted by molar-refractivity contribution is 0.628. The average Bonchev–Trinajstić information content (AvgIpc) is 3.19. The topological polar surface area (TPSA) is 55.6 Å². The predicted octanol–water partition coefficient (Wildman–Crippen LogP) is 5.50. The van der Waals surface area contributed by atoms with Crippen LogP contribution in [0.3, 0.4) is 0 Å². The van der Waals surface area contributed by atoms with Crippen molar-refractivity contribution in [3.63, 3.8) is 0 Å². The standard InChI is InChI=1S/C23H15F2N5/c24-16-11-9-15(10-12-16)21-28-22(27-18-6-4-5-17(25)13-18)20-14-26-30(23(20)29-21)19-7-2-1-3-8-19/h1-14H,(H,27,28,29). The average molecular weight is 399 g/mol. The maximum Gasteiger partial charge on any atom is 0.169 e. The summed E-state index contributed by atoms with van der Waals surface area (Å²) in [6, 6.07) is 21.7. The van der Waals surface area contributed by atoms with E-state index in [4.69, 9.17) is 0 Å². The molecule has 0 fully saturated rings. The van der Waals surface area contributed by atoms with Crippen molar-refractivity contribution < 1.29 is 8.78 Å². The maximum absolute atomic E-state index is 13.7. The smallest absolute Gasteiger partial charge is 0.169 e. The Hall–Kier alpha value is -4.13. The lowest BCUT2D eigenvalue weighted by Gasteiger charge is -2.10. The van der Waals surface area contributed by atoms with Gasteiger partial charge in [0.2, 0.25) is 0 Å². The number of anilines is 2. The number of rotatable bonds is 4. The summed E-state index contributed by atoms with van der Waals surface area (Å²) in [6.45, 7) is 0. The fraction of sp³-hybridized carbons (Fsp3) is 0. The van der Waals surface area contributed by atoms with E-state index in [-0.39, 0.29) is 11.6 Å². The first kappa shape index (κ1) is 17.9. The molecule has 0 saturated carbocycles. The monoisotopic (exact) mass is 399 g/mol. The molecule has 0 radical (unpaired) electrons. The summed E-state index contributed by atoms with van der Waals surface area (Å²) < 4.78 is 28.8. The van der Waals surface area contributed by atoms with Crippen molar-refractivity contribution in [2.24, 2.45) is 0 Å². The van der Waals surface area contributed by atoms with Crippen molar-refractivity contribution in [1.29, 1.82) is 0 Å². The molecule has 0 spiro atoms. The molecule has 0 aliphatic rings. The van der Waals surface area contributed by atoms with Gasteiger partial charge in [0.1, 0.15) is 17.5 Å². The number of nitrogens with one attached hydrogen (secondary N) is 1. The second-order valence-electron chi connectivity index (χ2n) is 6.67. The van der Waals surface area contributed by atoms with Crippen LogP contribution in [0.5, 0.6) is 0 Å². The molecule has 2 aromatic heterocycles. The Labute approximate surface area is 170 Å². The summed E-state index contributed by atoms with van der Waals surface area (Å²) in [5.41, 5.74) is 2.62. The van der Waals surface area contributed by atoms with Crippen LogP contribution in [0.25, 0.3) is 28.1 Å². The molecule has 0 amide bonds. The Morgan fingerprint density at radius 2 is 1.57 bits per heavy atom. The van der Waals surface area contributed by atoms with Crippen LogP contribution < -0.4 is 5.32 Å². The zero-order valence-corrected chi connectivity index (χ0v) is 15.6. The summed E-state index contributed by atoms with van der Waals surface area (Å²) in [6.07, 6.45) is 1.67. The number of nitrogens with zero attached hydrogens (tertiary/aromatic N) is 4. The second kappa shape index (κ2) is 7.36. The van der Waals surface area contributed by atoms with Gasteiger partial charge in [-0.1, -0.05) is 24.3 Å². The molecular weight excluding hydrogens is 384 g/mol. The van der Waals surface area contributed by atoms with Crippen molar-refractivity contribution in [3.05, 3.63) is 96.7 Å². The number of benzene rings is 3. The number of hydrogen-bond donors (Lipinski definition) is 1. The zero-order chi connectivity index (χ0) is 20.5. The van der Waals surface area contributed by atoms with E-state index in [1.807, 2.05) is 30.3 Å². The molecule has 5 aromatic rings. The molecule has 0 saturated heterocycles. The van der Waals surface area contributed by atoms with E-state index in [1.165, 1.54) is 24.3 Å². The zero-order valence-electron chi connectivity index (χ0n) is 15.6. The number of para-hydroxylation sites is 1. The van der Waals surface area contributed by atoms with Crippen LogP contribution in [-0.2, 0) is 0 Å². The lowest BCUT2D eigenvalue weighted by Crippen LogP contribution is -2.02.